The molecule has 0 amide bonds. The highest BCUT2D eigenvalue weighted by atomic mass is 16.5. The van der Waals surface area contributed by atoms with Gasteiger partial charge in [0.1, 0.15) is 18.1 Å². The van der Waals surface area contributed by atoms with Crippen LogP contribution in [0.2, 0.25) is 0 Å². The lowest BCUT2D eigenvalue weighted by atomic mass is 10.2. The molecule has 0 bridgehead atoms. The van der Waals surface area contributed by atoms with Gasteiger partial charge in [-0.2, -0.15) is 0 Å². The number of hydrogen-bond acceptors (Lipinski definition) is 4. The SMILES string of the molecule is COc1cccc(Cn2ccc3cc(OCCN4CCOCC4)ccc32)c1. The first-order chi connectivity index (χ1) is 13.3. The lowest BCUT2D eigenvalue weighted by molar-refractivity contribution is 0.0322. The van der Waals surface area contributed by atoms with Gasteiger partial charge in [-0.15, -0.1) is 0 Å². The number of fused-ring (bicyclic) bond motifs is 1. The van der Waals surface area contributed by atoms with Crippen LogP contribution in [0.5, 0.6) is 11.5 Å². The van der Waals surface area contributed by atoms with Crippen molar-refractivity contribution >= 4 is 10.9 Å². The van der Waals surface area contributed by atoms with Crippen LogP contribution < -0.4 is 9.47 Å². The smallest absolute Gasteiger partial charge is 0.120 e. The highest BCUT2D eigenvalue weighted by Gasteiger charge is 2.10. The summed E-state index contributed by atoms with van der Waals surface area (Å²) < 4.78 is 18.9. The molecule has 0 saturated carbocycles. The average molecular weight is 366 g/mol. The molecule has 2 aromatic carbocycles. The maximum Gasteiger partial charge on any atom is 0.120 e. The molecule has 1 aromatic heterocycles. The van der Waals surface area contributed by atoms with E-state index in [1.54, 1.807) is 7.11 Å². The first-order valence-electron chi connectivity index (χ1n) is 9.46. The number of aromatic nitrogens is 1. The molecular weight excluding hydrogens is 340 g/mol. The molecular formula is C22H26N2O3. The highest BCUT2D eigenvalue weighted by molar-refractivity contribution is 5.81. The van der Waals surface area contributed by atoms with Gasteiger partial charge < -0.3 is 18.8 Å². The number of methoxy groups -OCH3 is 1. The normalized spacial score (nSPS) is 15.1. The Balaban J connectivity index is 1.40. The van der Waals surface area contributed by atoms with Crippen LogP contribution in [0.4, 0.5) is 0 Å². The Morgan fingerprint density at radius 1 is 1.00 bits per heavy atom. The van der Waals surface area contributed by atoms with Crippen LogP contribution in [0.3, 0.4) is 0 Å². The van der Waals surface area contributed by atoms with Gasteiger partial charge in [0, 0.05) is 43.3 Å². The van der Waals surface area contributed by atoms with E-state index in [0.717, 1.165) is 50.9 Å². The zero-order valence-corrected chi connectivity index (χ0v) is 15.8. The Hall–Kier alpha value is -2.50. The molecule has 0 radical (unpaired) electrons. The second-order valence-electron chi connectivity index (χ2n) is 6.82. The molecule has 1 saturated heterocycles. The minimum Gasteiger partial charge on any atom is -0.497 e. The van der Waals surface area contributed by atoms with Gasteiger partial charge in [0.05, 0.1) is 20.3 Å². The fourth-order valence-corrected chi connectivity index (χ4v) is 3.49. The van der Waals surface area contributed by atoms with Crippen LogP contribution in [0.1, 0.15) is 5.56 Å². The number of nitrogens with zero attached hydrogens (tertiary/aromatic N) is 2. The van der Waals surface area contributed by atoms with Crippen LogP contribution in [0.15, 0.2) is 54.7 Å². The minimum absolute atomic E-state index is 0.704. The third kappa shape index (κ3) is 4.43. The summed E-state index contributed by atoms with van der Waals surface area (Å²) in [6, 6.07) is 16.7. The molecule has 0 atom stereocenters. The second-order valence-corrected chi connectivity index (χ2v) is 6.82. The standard InChI is InChI=1S/C22H26N2O3/c1-25-20-4-2-3-18(15-20)17-24-8-7-19-16-21(5-6-22(19)24)27-14-11-23-9-12-26-13-10-23/h2-8,15-16H,9-14,17H2,1H3. The first kappa shape index (κ1) is 17.9. The summed E-state index contributed by atoms with van der Waals surface area (Å²) in [6.45, 7) is 6.11. The van der Waals surface area contributed by atoms with Crippen molar-refractivity contribution < 1.29 is 14.2 Å². The van der Waals surface area contributed by atoms with E-state index < -0.39 is 0 Å². The van der Waals surface area contributed by atoms with Crippen LogP contribution in [0, 0.1) is 0 Å². The van der Waals surface area contributed by atoms with E-state index in [9.17, 15) is 0 Å². The van der Waals surface area contributed by atoms with Gasteiger partial charge in [-0.3, -0.25) is 4.90 Å². The van der Waals surface area contributed by atoms with Gasteiger partial charge in [-0.1, -0.05) is 12.1 Å². The maximum absolute atomic E-state index is 5.97. The van der Waals surface area contributed by atoms with Crippen LogP contribution in [-0.2, 0) is 11.3 Å². The van der Waals surface area contributed by atoms with Gasteiger partial charge in [-0.25, -0.2) is 0 Å². The number of ether oxygens (including phenoxy) is 3. The number of hydrogen-bond donors (Lipinski definition) is 0. The molecule has 142 valence electrons. The van der Waals surface area contributed by atoms with Crippen molar-refractivity contribution in [3.05, 3.63) is 60.3 Å². The molecule has 3 aromatic rings. The van der Waals surface area contributed by atoms with E-state index in [2.05, 4.69) is 52.1 Å². The molecule has 0 unspecified atom stereocenters. The van der Waals surface area contributed by atoms with Gasteiger partial charge in [0.15, 0.2) is 0 Å². The third-order valence-electron chi connectivity index (χ3n) is 5.01. The summed E-state index contributed by atoms with van der Waals surface area (Å²) in [5.41, 5.74) is 2.43. The molecule has 0 N–H and O–H groups in total. The van der Waals surface area contributed by atoms with Crippen LogP contribution in [-0.4, -0.2) is 56.0 Å². The Kier molecular flexibility index (Phi) is 5.61. The fourth-order valence-electron chi connectivity index (χ4n) is 3.49. The second kappa shape index (κ2) is 8.46. The first-order valence-corrected chi connectivity index (χ1v) is 9.46. The van der Waals surface area contributed by atoms with Crippen LogP contribution in [0.25, 0.3) is 10.9 Å². The summed E-state index contributed by atoms with van der Waals surface area (Å²) in [7, 11) is 1.70. The summed E-state index contributed by atoms with van der Waals surface area (Å²) in [6.07, 6.45) is 2.13. The lowest BCUT2D eigenvalue weighted by Gasteiger charge is -2.26. The summed E-state index contributed by atoms with van der Waals surface area (Å²) in [5, 5.41) is 1.20. The predicted octanol–water partition coefficient (Wildman–Crippen LogP) is 3.41. The zero-order chi connectivity index (χ0) is 18.5. The Morgan fingerprint density at radius 2 is 1.89 bits per heavy atom. The average Bonchev–Trinajstić information content (AvgIpc) is 3.11. The van der Waals surface area contributed by atoms with Crippen molar-refractivity contribution in [1.29, 1.82) is 0 Å². The Labute approximate surface area is 160 Å². The maximum atomic E-state index is 5.97. The van der Waals surface area contributed by atoms with Crippen LogP contribution >= 0.6 is 0 Å². The van der Waals surface area contributed by atoms with Gasteiger partial charge in [0.25, 0.3) is 0 Å². The summed E-state index contributed by atoms with van der Waals surface area (Å²) >= 11 is 0. The lowest BCUT2D eigenvalue weighted by Crippen LogP contribution is -2.38. The van der Waals surface area contributed by atoms with E-state index in [-0.39, 0.29) is 0 Å². The predicted molar refractivity (Wildman–Crippen MR) is 107 cm³/mol. The molecule has 5 heteroatoms. The largest absolute Gasteiger partial charge is 0.497 e. The number of rotatable bonds is 7. The van der Waals surface area contributed by atoms with E-state index in [1.807, 2.05) is 12.1 Å². The molecule has 1 aliphatic rings. The van der Waals surface area contributed by atoms with Crippen molar-refractivity contribution in [3.63, 3.8) is 0 Å². The van der Waals surface area contributed by atoms with Crippen molar-refractivity contribution in [2.75, 3.05) is 46.6 Å². The molecule has 2 heterocycles. The molecule has 27 heavy (non-hydrogen) atoms. The van der Waals surface area contributed by atoms with Gasteiger partial charge in [0.2, 0.25) is 0 Å². The molecule has 1 fully saturated rings. The minimum atomic E-state index is 0.704. The quantitative estimate of drug-likeness (QED) is 0.642. The van der Waals surface area contributed by atoms with Crippen molar-refractivity contribution in [1.82, 2.24) is 9.47 Å². The van der Waals surface area contributed by atoms with E-state index in [1.165, 1.54) is 16.5 Å². The molecule has 4 rings (SSSR count). The molecule has 0 spiro atoms. The third-order valence-corrected chi connectivity index (χ3v) is 5.01. The topological polar surface area (TPSA) is 35.9 Å². The summed E-state index contributed by atoms with van der Waals surface area (Å²) in [4.78, 5) is 2.38. The Morgan fingerprint density at radius 3 is 2.74 bits per heavy atom. The fraction of sp³-hybridized carbons (Fsp3) is 0.364. The Bertz CT molecular complexity index is 884. The number of benzene rings is 2. The van der Waals surface area contributed by atoms with Crippen molar-refractivity contribution in [2.45, 2.75) is 6.54 Å². The monoisotopic (exact) mass is 366 g/mol. The van der Waals surface area contributed by atoms with Gasteiger partial charge in [-0.05, 0) is 42.0 Å². The van der Waals surface area contributed by atoms with E-state index >= 15 is 0 Å². The zero-order valence-electron chi connectivity index (χ0n) is 15.8. The van der Waals surface area contributed by atoms with Gasteiger partial charge >= 0.3 is 0 Å². The number of morpholine rings is 1. The molecule has 5 nitrogen and oxygen atoms in total. The van der Waals surface area contributed by atoms with Crippen molar-refractivity contribution in [2.24, 2.45) is 0 Å². The van der Waals surface area contributed by atoms with E-state index in [0.29, 0.717) is 6.61 Å². The molecule has 1 aliphatic heterocycles. The summed E-state index contributed by atoms with van der Waals surface area (Å²) in [5.74, 6) is 1.81. The van der Waals surface area contributed by atoms with Crippen molar-refractivity contribution in [3.8, 4) is 11.5 Å². The van der Waals surface area contributed by atoms with E-state index in [4.69, 9.17) is 14.2 Å². The highest BCUT2D eigenvalue weighted by Crippen LogP contribution is 2.23. The molecule has 0 aliphatic carbocycles.